The van der Waals surface area contributed by atoms with Gasteiger partial charge in [0.25, 0.3) is 0 Å². The summed E-state index contributed by atoms with van der Waals surface area (Å²) in [4.78, 5) is 0. The number of benzene rings is 1. The van der Waals surface area contributed by atoms with Gasteiger partial charge in [-0.05, 0) is 26.0 Å². The molecule has 0 fully saturated rings. The number of hydrogen-bond donors (Lipinski definition) is 1. The molecule has 0 aromatic heterocycles. The Morgan fingerprint density at radius 1 is 1.26 bits per heavy atom. The molecule has 1 N–H and O–H groups in total. The molecular formula is C12H14Cl3N3S. The zero-order chi connectivity index (χ0) is 13.1. The molecule has 1 aromatic carbocycles. The molecule has 2 rings (SSSR count). The Bertz CT molecular complexity index is 515. The average Bonchev–Trinajstić information content (AvgIpc) is 2.30. The van der Waals surface area contributed by atoms with Crippen LogP contribution in [0.15, 0.2) is 28.4 Å². The number of hydrogen-bond acceptors (Lipinski definition) is 4. The predicted octanol–water partition coefficient (Wildman–Crippen LogP) is 4.22. The molecule has 1 aliphatic heterocycles. The molecule has 0 aliphatic carbocycles. The highest BCUT2D eigenvalue weighted by molar-refractivity contribution is 8.14. The van der Waals surface area contributed by atoms with E-state index in [4.69, 9.17) is 23.2 Å². The summed E-state index contributed by atoms with van der Waals surface area (Å²) >= 11 is 13.6. The monoisotopic (exact) mass is 337 g/mol. The van der Waals surface area contributed by atoms with Gasteiger partial charge in [-0.3, -0.25) is 0 Å². The van der Waals surface area contributed by atoms with E-state index in [1.807, 2.05) is 12.1 Å². The molecule has 1 aliphatic rings. The number of nitrogens with one attached hydrogen (secondary N) is 1. The second-order valence-corrected chi connectivity index (χ2v) is 5.97. The zero-order valence-electron chi connectivity index (χ0n) is 10.5. The van der Waals surface area contributed by atoms with Crippen LogP contribution in [0.2, 0.25) is 10.0 Å². The molecule has 19 heavy (non-hydrogen) atoms. The van der Waals surface area contributed by atoms with Crippen LogP contribution in [0.4, 0.5) is 0 Å². The van der Waals surface area contributed by atoms with Gasteiger partial charge in [0.15, 0.2) is 5.17 Å². The highest BCUT2D eigenvalue weighted by Crippen LogP contribution is 2.24. The third-order valence-electron chi connectivity index (χ3n) is 2.26. The van der Waals surface area contributed by atoms with Crippen molar-refractivity contribution in [2.45, 2.75) is 19.9 Å². The second-order valence-electron chi connectivity index (χ2n) is 4.16. The molecule has 0 unspecified atom stereocenters. The predicted molar refractivity (Wildman–Crippen MR) is 88.4 cm³/mol. The summed E-state index contributed by atoms with van der Waals surface area (Å²) in [6.45, 7) is 4.14. The van der Waals surface area contributed by atoms with E-state index in [0.717, 1.165) is 22.2 Å². The van der Waals surface area contributed by atoms with E-state index in [9.17, 15) is 0 Å². The number of thioether (sulfide) groups is 1. The average molecular weight is 339 g/mol. The largest absolute Gasteiger partial charge is 0.361 e. The van der Waals surface area contributed by atoms with Crippen LogP contribution in [0.3, 0.4) is 0 Å². The number of nitrogens with zero attached hydrogens (tertiary/aromatic N) is 2. The molecule has 0 bridgehead atoms. The molecule has 0 amide bonds. The second kappa shape index (κ2) is 7.39. The Hall–Kier alpha value is -0.420. The molecule has 3 nitrogen and oxygen atoms in total. The topological polar surface area (TPSA) is 36.8 Å². The smallest absolute Gasteiger partial charge is 0.183 e. The van der Waals surface area contributed by atoms with Gasteiger partial charge in [0.1, 0.15) is 0 Å². The van der Waals surface area contributed by atoms with Gasteiger partial charge >= 0.3 is 0 Å². The number of halogens is 3. The van der Waals surface area contributed by atoms with Crippen LogP contribution in [0, 0.1) is 0 Å². The fourth-order valence-corrected chi connectivity index (χ4v) is 2.89. The van der Waals surface area contributed by atoms with Gasteiger partial charge in [0, 0.05) is 22.4 Å². The molecule has 0 radical (unpaired) electrons. The lowest BCUT2D eigenvalue weighted by Crippen LogP contribution is -2.30. The summed E-state index contributed by atoms with van der Waals surface area (Å²) in [5.41, 5.74) is 1.76. The van der Waals surface area contributed by atoms with Gasteiger partial charge in [-0.2, -0.15) is 5.10 Å². The van der Waals surface area contributed by atoms with E-state index in [0.29, 0.717) is 16.1 Å². The van der Waals surface area contributed by atoms with Gasteiger partial charge in [0.2, 0.25) is 0 Å². The molecule has 1 heterocycles. The molecule has 1 aromatic rings. The number of rotatable bonds is 2. The van der Waals surface area contributed by atoms with E-state index >= 15 is 0 Å². The quantitative estimate of drug-likeness (QED) is 0.876. The molecule has 0 saturated carbocycles. The summed E-state index contributed by atoms with van der Waals surface area (Å²) in [6, 6.07) is 5.76. The fraction of sp³-hybridized carbons (Fsp3) is 0.333. The van der Waals surface area contributed by atoms with Crippen molar-refractivity contribution in [2.75, 3.05) is 5.75 Å². The SMILES string of the molecule is CC(C)NC1=NN=C(c2ccc(Cl)cc2Cl)CS1.Cl. The first-order chi connectivity index (χ1) is 8.56. The minimum Gasteiger partial charge on any atom is -0.361 e. The lowest BCUT2D eigenvalue weighted by molar-refractivity contribution is 0.738. The summed E-state index contributed by atoms with van der Waals surface area (Å²) in [7, 11) is 0. The van der Waals surface area contributed by atoms with E-state index < -0.39 is 0 Å². The van der Waals surface area contributed by atoms with Crippen LogP contribution in [-0.4, -0.2) is 22.7 Å². The summed E-state index contributed by atoms with van der Waals surface area (Å²) in [5.74, 6) is 0.750. The molecule has 0 atom stereocenters. The van der Waals surface area contributed by atoms with Crippen LogP contribution >= 0.6 is 47.4 Å². The molecule has 104 valence electrons. The maximum absolute atomic E-state index is 6.14. The minimum absolute atomic E-state index is 0. The lowest BCUT2D eigenvalue weighted by Gasteiger charge is -2.16. The summed E-state index contributed by atoms with van der Waals surface area (Å²) < 4.78 is 0. The third kappa shape index (κ3) is 4.56. The number of amidine groups is 1. The van der Waals surface area contributed by atoms with Crippen molar-refractivity contribution in [1.29, 1.82) is 0 Å². The lowest BCUT2D eigenvalue weighted by atomic mass is 10.1. The van der Waals surface area contributed by atoms with Crippen LogP contribution in [-0.2, 0) is 0 Å². The van der Waals surface area contributed by atoms with Gasteiger partial charge in [-0.25, -0.2) is 0 Å². The Balaban J connectivity index is 0.00000180. The first-order valence-electron chi connectivity index (χ1n) is 5.55. The van der Waals surface area contributed by atoms with Crippen LogP contribution in [0.5, 0.6) is 0 Å². The van der Waals surface area contributed by atoms with Gasteiger partial charge in [-0.15, -0.1) is 17.5 Å². The molecule has 7 heteroatoms. The van der Waals surface area contributed by atoms with Gasteiger partial charge in [0.05, 0.1) is 10.7 Å². The highest BCUT2D eigenvalue weighted by atomic mass is 35.5. The summed E-state index contributed by atoms with van der Waals surface area (Å²) in [6.07, 6.45) is 0. The van der Waals surface area contributed by atoms with Crippen molar-refractivity contribution in [3.8, 4) is 0 Å². The zero-order valence-corrected chi connectivity index (χ0v) is 13.6. The van der Waals surface area contributed by atoms with Crippen molar-refractivity contribution >= 4 is 58.3 Å². The van der Waals surface area contributed by atoms with Gasteiger partial charge < -0.3 is 5.32 Å². The first kappa shape index (κ1) is 16.6. The summed E-state index contributed by atoms with van der Waals surface area (Å²) in [5, 5.41) is 13.7. The van der Waals surface area contributed by atoms with Crippen LogP contribution in [0.25, 0.3) is 0 Å². The van der Waals surface area contributed by atoms with Crippen LogP contribution in [0.1, 0.15) is 19.4 Å². The van der Waals surface area contributed by atoms with Crippen molar-refractivity contribution in [3.05, 3.63) is 33.8 Å². The Morgan fingerprint density at radius 3 is 2.53 bits per heavy atom. The van der Waals surface area contributed by atoms with E-state index in [1.165, 1.54) is 0 Å². The maximum Gasteiger partial charge on any atom is 0.183 e. The minimum atomic E-state index is 0. The molecular weight excluding hydrogens is 325 g/mol. The molecule has 0 saturated heterocycles. The normalized spacial score (nSPS) is 14.6. The Kier molecular flexibility index (Phi) is 6.47. The van der Waals surface area contributed by atoms with E-state index in [2.05, 4.69) is 29.4 Å². The Labute approximate surface area is 133 Å². The van der Waals surface area contributed by atoms with Crippen molar-refractivity contribution in [3.63, 3.8) is 0 Å². The van der Waals surface area contributed by atoms with E-state index in [-0.39, 0.29) is 12.4 Å². The fourth-order valence-electron chi connectivity index (χ4n) is 1.47. The first-order valence-corrected chi connectivity index (χ1v) is 7.29. The van der Waals surface area contributed by atoms with Crippen molar-refractivity contribution in [1.82, 2.24) is 5.32 Å². The highest BCUT2D eigenvalue weighted by Gasteiger charge is 2.15. The van der Waals surface area contributed by atoms with Crippen LogP contribution < -0.4 is 5.32 Å². The molecule has 0 spiro atoms. The van der Waals surface area contributed by atoms with E-state index in [1.54, 1.807) is 17.8 Å². The Morgan fingerprint density at radius 2 is 2.00 bits per heavy atom. The van der Waals surface area contributed by atoms with Crippen molar-refractivity contribution in [2.24, 2.45) is 10.2 Å². The third-order valence-corrected chi connectivity index (χ3v) is 3.70. The standard InChI is InChI=1S/C12H13Cl2N3S.ClH/c1-7(2)15-12-17-16-11(6-18-12)9-4-3-8(13)5-10(9)14;/h3-5,7H,6H2,1-2H3,(H,15,17);1H. The maximum atomic E-state index is 6.14. The van der Waals surface area contributed by atoms with Gasteiger partial charge in [-0.1, -0.05) is 41.0 Å². The van der Waals surface area contributed by atoms with Crippen molar-refractivity contribution < 1.29 is 0 Å².